The lowest BCUT2D eigenvalue weighted by Crippen LogP contribution is -2.49. The fourth-order valence-corrected chi connectivity index (χ4v) is 3.35. The smallest absolute Gasteiger partial charge is 0.266 e. The van der Waals surface area contributed by atoms with Crippen molar-refractivity contribution in [1.82, 2.24) is 10.2 Å². The summed E-state index contributed by atoms with van der Waals surface area (Å²) in [5, 5.41) is 12.5. The normalized spacial score (nSPS) is 14.2. The zero-order valence-corrected chi connectivity index (χ0v) is 17.0. The van der Waals surface area contributed by atoms with Crippen molar-refractivity contribution >= 4 is 11.6 Å². The van der Waals surface area contributed by atoms with Crippen LogP contribution in [0.4, 0.5) is 10.1 Å². The number of hydrogen-bond acceptors (Lipinski definition) is 5. The highest BCUT2D eigenvalue weighted by atomic mass is 19.1. The van der Waals surface area contributed by atoms with Crippen LogP contribution in [-0.4, -0.2) is 50.6 Å². The number of nitrogens with zero attached hydrogens (tertiary/aromatic N) is 3. The lowest BCUT2D eigenvalue weighted by molar-refractivity contribution is -0.127. The Morgan fingerprint density at radius 3 is 2.60 bits per heavy atom. The van der Waals surface area contributed by atoms with Crippen molar-refractivity contribution in [2.45, 2.75) is 6.42 Å². The summed E-state index contributed by atoms with van der Waals surface area (Å²) in [4.78, 5) is 16.5. The number of anilines is 1. The van der Waals surface area contributed by atoms with Crippen molar-refractivity contribution in [3.8, 4) is 11.8 Å². The van der Waals surface area contributed by atoms with Crippen molar-refractivity contribution < 1.29 is 13.9 Å². The molecule has 1 fully saturated rings. The van der Waals surface area contributed by atoms with Crippen LogP contribution >= 0.6 is 0 Å². The van der Waals surface area contributed by atoms with E-state index in [0.29, 0.717) is 32.7 Å². The summed E-state index contributed by atoms with van der Waals surface area (Å²) in [6, 6.07) is 16.1. The van der Waals surface area contributed by atoms with Gasteiger partial charge < -0.3 is 19.9 Å². The summed E-state index contributed by atoms with van der Waals surface area (Å²) < 4.78 is 18.3. The molecule has 0 aromatic heterocycles. The first-order valence-corrected chi connectivity index (χ1v) is 9.87. The molecule has 0 bridgehead atoms. The van der Waals surface area contributed by atoms with Gasteiger partial charge in [0.2, 0.25) is 0 Å². The van der Waals surface area contributed by atoms with E-state index in [-0.39, 0.29) is 17.3 Å². The van der Waals surface area contributed by atoms with E-state index < -0.39 is 0 Å². The summed E-state index contributed by atoms with van der Waals surface area (Å²) in [5.41, 5.74) is 2.13. The largest absolute Gasteiger partial charge is 0.497 e. The van der Waals surface area contributed by atoms with Gasteiger partial charge in [0.25, 0.3) is 5.91 Å². The Bertz CT molecular complexity index is 929. The summed E-state index contributed by atoms with van der Waals surface area (Å²) in [6.07, 6.45) is 2.24. The van der Waals surface area contributed by atoms with Crippen LogP contribution in [0.15, 0.2) is 60.3 Å². The van der Waals surface area contributed by atoms with Gasteiger partial charge in [-0.05, 0) is 48.4 Å². The van der Waals surface area contributed by atoms with Gasteiger partial charge in [-0.2, -0.15) is 5.26 Å². The van der Waals surface area contributed by atoms with Crippen LogP contribution in [0.2, 0.25) is 0 Å². The summed E-state index contributed by atoms with van der Waals surface area (Å²) in [5.74, 6) is 0.260. The highest BCUT2D eigenvalue weighted by Gasteiger charge is 2.23. The number of amides is 1. The molecule has 1 aliphatic rings. The fourth-order valence-electron chi connectivity index (χ4n) is 3.35. The minimum absolute atomic E-state index is 0.0934. The summed E-state index contributed by atoms with van der Waals surface area (Å²) in [7, 11) is 1.63. The number of ether oxygens (including phenoxy) is 1. The number of carbonyl (C=O) groups is 1. The van der Waals surface area contributed by atoms with Gasteiger partial charge in [-0.3, -0.25) is 4.79 Å². The number of methoxy groups -OCH3 is 1. The molecule has 0 saturated carbocycles. The van der Waals surface area contributed by atoms with Crippen LogP contribution in [0.25, 0.3) is 0 Å². The quantitative estimate of drug-likeness (QED) is 0.433. The van der Waals surface area contributed by atoms with E-state index in [4.69, 9.17) is 4.74 Å². The van der Waals surface area contributed by atoms with E-state index in [1.165, 1.54) is 18.3 Å². The SMILES string of the molecule is COc1cccc(CCN/C=C(/C#N)C(=O)N2CCN(c3ccc(F)cc3)CC2)c1. The van der Waals surface area contributed by atoms with Gasteiger partial charge in [0, 0.05) is 44.6 Å². The highest BCUT2D eigenvalue weighted by Crippen LogP contribution is 2.17. The maximum atomic E-state index is 13.1. The van der Waals surface area contributed by atoms with Crippen molar-refractivity contribution in [2.75, 3.05) is 44.7 Å². The Morgan fingerprint density at radius 2 is 1.93 bits per heavy atom. The van der Waals surface area contributed by atoms with E-state index in [0.717, 1.165) is 23.4 Å². The van der Waals surface area contributed by atoms with E-state index in [1.807, 2.05) is 30.3 Å². The molecule has 6 nitrogen and oxygen atoms in total. The molecule has 2 aromatic rings. The zero-order chi connectivity index (χ0) is 21.3. The number of nitriles is 1. The first kappa shape index (κ1) is 21.2. The van der Waals surface area contributed by atoms with Gasteiger partial charge >= 0.3 is 0 Å². The highest BCUT2D eigenvalue weighted by molar-refractivity contribution is 5.97. The molecule has 1 saturated heterocycles. The van der Waals surface area contributed by atoms with Gasteiger partial charge in [-0.15, -0.1) is 0 Å². The Morgan fingerprint density at radius 1 is 1.20 bits per heavy atom. The molecule has 0 aliphatic carbocycles. The summed E-state index contributed by atoms with van der Waals surface area (Å²) in [6.45, 7) is 2.90. The van der Waals surface area contributed by atoms with Gasteiger partial charge in [0.15, 0.2) is 0 Å². The van der Waals surface area contributed by atoms with Crippen LogP contribution in [0.1, 0.15) is 5.56 Å². The van der Waals surface area contributed by atoms with Crippen LogP contribution < -0.4 is 15.0 Å². The third kappa shape index (κ3) is 5.51. The van der Waals surface area contributed by atoms with Gasteiger partial charge in [0.1, 0.15) is 23.2 Å². The third-order valence-electron chi connectivity index (χ3n) is 5.05. The second kappa shape index (κ2) is 10.3. The molecule has 1 aliphatic heterocycles. The van der Waals surface area contributed by atoms with Crippen molar-refractivity contribution in [3.63, 3.8) is 0 Å². The molecular weight excluding hydrogens is 383 g/mol. The van der Waals surface area contributed by atoms with Crippen LogP contribution in [-0.2, 0) is 11.2 Å². The molecule has 0 atom stereocenters. The maximum Gasteiger partial charge on any atom is 0.266 e. The molecule has 7 heteroatoms. The van der Waals surface area contributed by atoms with Gasteiger partial charge in [0.05, 0.1) is 7.11 Å². The molecule has 0 spiro atoms. The van der Waals surface area contributed by atoms with E-state index in [1.54, 1.807) is 24.1 Å². The number of carbonyl (C=O) groups excluding carboxylic acids is 1. The number of rotatable bonds is 7. The van der Waals surface area contributed by atoms with Crippen molar-refractivity contribution in [2.24, 2.45) is 0 Å². The van der Waals surface area contributed by atoms with Crippen LogP contribution in [0, 0.1) is 17.1 Å². The maximum absolute atomic E-state index is 13.1. The van der Waals surface area contributed by atoms with E-state index >= 15 is 0 Å². The molecule has 1 heterocycles. The predicted molar refractivity (Wildman–Crippen MR) is 114 cm³/mol. The molecule has 3 rings (SSSR count). The average molecular weight is 408 g/mol. The number of piperazine rings is 1. The Balaban J connectivity index is 1.49. The average Bonchev–Trinajstić information content (AvgIpc) is 2.79. The van der Waals surface area contributed by atoms with Crippen LogP contribution in [0.5, 0.6) is 5.75 Å². The first-order chi connectivity index (χ1) is 14.6. The number of nitrogens with one attached hydrogen (secondary N) is 1. The molecular formula is C23H25FN4O2. The van der Waals surface area contributed by atoms with Crippen LogP contribution in [0.3, 0.4) is 0 Å². The summed E-state index contributed by atoms with van der Waals surface area (Å²) >= 11 is 0. The minimum atomic E-state index is -0.273. The Labute approximate surface area is 176 Å². The lowest BCUT2D eigenvalue weighted by Gasteiger charge is -2.36. The monoisotopic (exact) mass is 408 g/mol. The fraction of sp³-hybridized carbons (Fsp3) is 0.304. The molecule has 0 radical (unpaired) electrons. The lowest BCUT2D eigenvalue weighted by atomic mass is 10.1. The number of hydrogen-bond donors (Lipinski definition) is 1. The Kier molecular flexibility index (Phi) is 7.28. The van der Waals surface area contributed by atoms with E-state index in [2.05, 4.69) is 10.2 Å². The first-order valence-electron chi connectivity index (χ1n) is 9.87. The second-order valence-electron chi connectivity index (χ2n) is 6.98. The van der Waals surface area contributed by atoms with Gasteiger partial charge in [-0.1, -0.05) is 12.1 Å². The number of halogens is 1. The Hall–Kier alpha value is -3.53. The predicted octanol–water partition coefficient (Wildman–Crippen LogP) is 2.72. The molecule has 1 amide bonds. The molecule has 0 unspecified atom stereocenters. The molecule has 156 valence electrons. The second-order valence-corrected chi connectivity index (χ2v) is 6.98. The topological polar surface area (TPSA) is 68.6 Å². The van der Waals surface area contributed by atoms with Gasteiger partial charge in [-0.25, -0.2) is 4.39 Å². The molecule has 1 N–H and O–H groups in total. The third-order valence-corrected chi connectivity index (χ3v) is 5.05. The van der Waals surface area contributed by atoms with E-state index in [9.17, 15) is 14.4 Å². The standard InChI is InChI=1S/C23H25FN4O2/c1-30-22-4-2-3-18(15-22)9-10-26-17-19(16-25)23(29)28-13-11-27(12-14-28)21-7-5-20(24)6-8-21/h2-8,15,17,26H,9-14H2,1H3/b19-17-. The molecule has 30 heavy (non-hydrogen) atoms. The number of benzene rings is 2. The minimum Gasteiger partial charge on any atom is -0.497 e. The van der Waals surface area contributed by atoms with Crippen molar-refractivity contribution in [3.05, 3.63) is 71.7 Å². The van der Waals surface area contributed by atoms with Crippen molar-refractivity contribution in [1.29, 1.82) is 5.26 Å². The zero-order valence-electron chi connectivity index (χ0n) is 17.0. The molecule has 2 aromatic carbocycles.